The van der Waals surface area contributed by atoms with Crippen LogP contribution >= 0.6 is 11.6 Å². The highest BCUT2D eigenvalue weighted by molar-refractivity contribution is 6.30. The first-order chi connectivity index (χ1) is 8.11. The maximum absolute atomic E-state index is 9.10. The summed E-state index contributed by atoms with van der Waals surface area (Å²) in [7, 11) is 0. The van der Waals surface area contributed by atoms with Crippen LogP contribution in [0.3, 0.4) is 0 Å². The molecular formula is C12H20ClN3O. The first-order valence-corrected chi connectivity index (χ1v) is 6.34. The van der Waals surface area contributed by atoms with E-state index in [-0.39, 0.29) is 6.61 Å². The molecule has 0 aliphatic rings. The third-order valence-electron chi connectivity index (χ3n) is 2.89. The Morgan fingerprint density at radius 1 is 1.18 bits per heavy atom. The van der Waals surface area contributed by atoms with E-state index in [1.165, 1.54) is 0 Å². The molecule has 17 heavy (non-hydrogen) atoms. The van der Waals surface area contributed by atoms with E-state index in [0.717, 1.165) is 36.3 Å². The van der Waals surface area contributed by atoms with E-state index < -0.39 is 0 Å². The van der Waals surface area contributed by atoms with Crippen LogP contribution < -0.4 is 4.90 Å². The van der Waals surface area contributed by atoms with Crippen LogP contribution in [-0.2, 0) is 0 Å². The van der Waals surface area contributed by atoms with Crippen molar-refractivity contribution in [3.05, 3.63) is 16.3 Å². The van der Waals surface area contributed by atoms with Crippen molar-refractivity contribution in [2.24, 2.45) is 0 Å². The van der Waals surface area contributed by atoms with Crippen molar-refractivity contribution in [3.63, 3.8) is 0 Å². The highest BCUT2D eigenvalue weighted by atomic mass is 35.5. The molecule has 1 aromatic heterocycles. The van der Waals surface area contributed by atoms with Crippen molar-refractivity contribution in [3.8, 4) is 0 Å². The summed E-state index contributed by atoms with van der Waals surface area (Å²) in [6.45, 7) is 7.65. The van der Waals surface area contributed by atoms with Gasteiger partial charge in [0, 0.05) is 13.1 Å². The average Bonchev–Trinajstić information content (AvgIpc) is 2.32. The summed E-state index contributed by atoms with van der Waals surface area (Å²) in [5, 5.41) is 17.6. The summed E-state index contributed by atoms with van der Waals surface area (Å²) in [6, 6.07) is 0. The van der Waals surface area contributed by atoms with E-state index in [4.69, 9.17) is 16.7 Å². The minimum atomic E-state index is 0.118. The highest BCUT2D eigenvalue weighted by Gasteiger charge is 2.14. The molecule has 0 fully saturated rings. The zero-order chi connectivity index (χ0) is 12.8. The maximum Gasteiger partial charge on any atom is 0.155 e. The van der Waals surface area contributed by atoms with Gasteiger partial charge in [-0.2, -0.15) is 0 Å². The molecule has 4 nitrogen and oxygen atoms in total. The van der Waals surface area contributed by atoms with Gasteiger partial charge >= 0.3 is 0 Å². The lowest BCUT2D eigenvalue weighted by Gasteiger charge is -2.24. The number of aliphatic hydroxyl groups excluding tert-OH is 1. The third-order valence-corrected chi connectivity index (χ3v) is 3.25. The number of unbranched alkanes of at least 4 members (excludes halogenated alkanes) is 1. The van der Waals surface area contributed by atoms with Gasteiger partial charge in [0.2, 0.25) is 0 Å². The Kier molecular flexibility index (Phi) is 5.65. The van der Waals surface area contributed by atoms with Crippen LogP contribution in [-0.4, -0.2) is 35.0 Å². The van der Waals surface area contributed by atoms with Crippen molar-refractivity contribution >= 4 is 17.4 Å². The van der Waals surface area contributed by atoms with Gasteiger partial charge in [0.1, 0.15) is 0 Å². The van der Waals surface area contributed by atoms with Crippen LogP contribution in [0.1, 0.15) is 30.9 Å². The smallest absolute Gasteiger partial charge is 0.155 e. The third kappa shape index (κ3) is 3.54. The first-order valence-electron chi connectivity index (χ1n) is 5.97. The van der Waals surface area contributed by atoms with Crippen LogP contribution in [0.25, 0.3) is 0 Å². The number of hydrogen-bond acceptors (Lipinski definition) is 4. The van der Waals surface area contributed by atoms with Crippen molar-refractivity contribution in [1.29, 1.82) is 0 Å². The fourth-order valence-corrected chi connectivity index (χ4v) is 1.84. The molecule has 0 aliphatic carbocycles. The lowest BCUT2D eigenvalue weighted by atomic mass is 10.2. The Hall–Kier alpha value is -0.870. The number of aromatic nitrogens is 2. The molecule has 0 aliphatic heterocycles. The number of nitrogens with zero attached hydrogens (tertiary/aromatic N) is 3. The molecule has 0 spiro atoms. The van der Waals surface area contributed by atoms with Crippen molar-refractivity contribution in [1.82, 2.24) is 10.2 Å². The van der Waals surface area contributed by atoms with Gasteiger partial charge in [-0.05, 0) is 31.4 Å². The van der Waals surface area contributed by atoms with Crippen LogP contribution in [0.15, 0.2) is 0 Å². The molecule has 0 radical (unpaired) electrons. The molecule has 96 valence electrons. The summed E-state index contributed by atoms with van der Waals surface area (Å²) in [5.74, 6) is 0.828. The molecular weight excluding hydrogens is 238 g/mol. The standard InChI is InChI=1S/C12H20ClN3O/c1-4-5-6-16(7-8-17)12-10(3)9(2)11(13)14-15-12/h17H,4-8H2,1-3H3. The van der Waals surface area contributed by atoms with E-state index in [1.54, 1.807) is 0 Å². The second-order valence-electron chi connectivity index (χ2n) is 4.13. The zero-order valence-electron chi connectivity index (χ0n) is 10.7. The Bertz CT molecular complexity index is 371. The molecule has 0 saturated heterocycles. The zero-order valence-corrected chi connectivity index (χ0v) is 11.5. The number of anilines is 1. The summed E-state index contributed by atoms with van der Waals surface area (Å²) < 4.78 is 0. The predicted molar refractivity (Wildman–Crippen MR) is 70.7 cm³/mol. The van der Waals surface area contributed by atoms with Gasteiger partial charge in [0.25, 0.3) is 0 Å². The van der Waals surface area contributed by atoms with E-state index >= 15 is 0 Å². The summed E-state index contributed by atoms with van der Waals surface area (Å²) in [4.78, 5) is 2.06. The van der Waals surface area contributed by atoms with Crippen molar-refractivity contribution in [2.75, 3.05) is 24.6 Å². The predicted octanol–water partition coefficient (Wildman–Crippen LogP) is 2.35. The second-order valence-corrected chi connectivity index (χ2v) is 4.49. The SMILES string of the molecule is CCCCN(CCO)c1nnc(Cl)c(C)c1C. The summed E-state index contributed by atoms with van der Waals surface area (Å²) >= 11 is 5.93. The molecule has 5 heteroatoms. The van der Waals surface area contributed by atoms with Gasteiger partial charge in [0.15, 0.2) is 11.0 Å². The monoisotopic (exact) mass is 257 g/mol. The molecule has 0 atom stereocenters. The molecule has 0 saturated carbocycles. The first kappa shape index (κ1) is 14.2. The molecule has 0 bridgehead atoms. The number of rotatable bonds is 6. The van der Waals surface area contributed by atoms with Crippen LogP contribution in [0.2, 0.25) is 5.15 Å². The van der Waals surface area contributed by atoms with E-state index in [0.29, 0.717) is 11.7 Å². The molecule has 1 rings (SSSR count). The minimum absolute atomic E-state index is 0.118. The van der Waals surface area contributed by atoms with Gasteiger partial charge in [-0.25, -0.2) is 0 Å². The molecule has 0 unspecified atom stereocenters. The molecule has 1 heterocycles. The fraction of sp³-hybridized carbons (Fsp3) is 0.667. The molecule has 1 aromatic rings. The lowest BCUT2D eigenvalue weighted by molar-refractivity contribution is 0.301. The van der Waals surface area contributed by atoms with Crippen molar-refractivity contribution in [2.45, 2.75) is 33.6 Å². The Morgan fingerprint density at radius 3 is 2.47 bits per heavy atom. The number of halogens is 1. The second kappa shape index (κ2) is 6.77. The van der Waals surface area contributed by atoms with Gasteiger partial charge in [-0.3, -0.25) is 0 Å². The number of aliphatic hydroxyl groups is 1. The topological polar surface area (TPSA) is 49.2 Å². The summed E-state index contributed by atoms with van der Waals surface area (Å²) in [6.07, 6.45) is 2.18. The van der Waals surface area contributed by atoms with Gasteiger partial charge in [0.05, 0.1) is 6.61 Å². The Morgan fingerprint density at radius 2 is 1.88 bits per heavy atom. The lowest BCUT2D eigenvalue weighted by Crippen LogP contribution is -2.29. The van der Waals surface area contributed by atoms with E-state index in [2.05, 4.69) is 22.0 Å². The Balaban J connectivity index is 2.97. The minimum Gasteiger partial charge on any atom is -0.395 e. The molecule has 1 N–H and O–H groups in total. The summed E-state index contributed by atoms with van der Waals surface area (Å²) in [5.41, 5.74) is 1.99. The average molecular weight is 258 g/mol. The normalized spacial score (nSPS) is 10.6. The Labute approximate surface area is 108 Å². The van der Waals surface area contributed by atoms with Crippen LogP contribution in [0.4, 0.5) is 5.82 Å². The quantitative estimate of drug-likeness (QED) is 0.850. The van der Waals surface area contributed by atoms with Gasteiger partial charge in [-0.15, -0.1) is 10.2 Å². The van der Waals surface area contributed by atoms with Crippen molar-refractivity contribution < 1.29 is 5.11 Å². The largest absolute Gasteiger partial charge is 0.395 e. The fourth-order valence-electron chi connectivity index (χ4n) is 1.66. The maximum atomic E-state index is 9.10. The highest BCUT2D eigenvalue weighted by Crippen LogP contribution is 2.23. The van der Waals surface area contributed by atoms with Crippen LogP contribution in [0, 0.1) is 13.8 Å². The van der Waals surface area contributed by atoms with Gasteiger partial charge in [-0.1, -0.05) is 24.9 Å². The van der Waals surface area contributed by atoms with Gasteiger partial charge < -0.3 is 10.0 Å². The molecule has 0 aromatic carbocycles. The van der Waals surface area contributed by atoms with Crippen LogP contribution in [0.5, 0.6) is 0 Å². The molecule has 0 amide bonds. The van der Waals surface area contributed by atoms with E-state index in [1.807, 2.05) is 13.8 Å². The van der Waals surface area contributed by atoms with E-state index in [9.17, 15) is 0 Å². The number of hydrogen-bond donors (Lipinski definition) is 1.